The maximum Gasteiger partial charge on any atom is 0.417 e. The summed E-state index contributed by atoms with van der Waals surface area (Å²) in [6.07, 6.45) is -4.57. The van der Waals surface area contributed by atoms with Gasteiger partial charge in [0.25, 0.3) is 0 Å². The van der Waals surface area contributed by atoms with Crippen molar-refractivity contribution in [3.63, 3.8) is 0 Å². The SMILES string of the molecule is Cc1c(C(=O)O)ccc(C(F)(F)F)c1Cl. The lowest BCUT2D eigenvalue weighted by Gasteiger charge is -2.11. The van der Waals surface area contributed by atoms with Crippen LogP contribution < -0.4 is 0 Å². The monoisotopic (exact) mass is 238 g/mol. The Morgan fingerprint density at radius 2 is 1.93 bits per heavy atom. The van der Waals surface area contributed by atoms with Gasteiger partial charge in [0.15, 0.2) is 0 Å². The summed E-state index contributed by atoms with van der Waals surface area (Å²) in [7, 11) is 0. The average molecular weight is 239 g/mol. The fraction of sp³-hybridized carbons (Fsp3) is 0.222. The highest BCUT2D eigenvalue weighted by Crippen LogP contribution is 2.37. The molecule has 82 valence electrons. The zero-order valence-corrected chi connectivity index (χ0v) is 8.28. The van der Waals surface area contributed by atoms with E-state index in [1.807, 2.05) is 0 Å². The second kappa shape index (κ2) is 3.73. The van der Waals surface area contributed by atoms with Crippen molar-refractivity contribution in [3.05, 3.63) is 33.8 Å². The van der Waals surface area contributed by atoms with Crippen LogP contribution in [0.3, 0.4) is 0 Å². The van der Waals surface area contributed by atoms with Crippen LogP contribution in [0.1, 0.15) is 21.5 Å². The molecule has 1 aromatic carbocycles. The van der Waals surface area contributed by atoms with E-state index >= 15 is 0 Å². The molecule has 0 heterocycles. The quantitative estimate of drug-likeness (QED) is 0.815. The Bertz CT molecular complexity index is 413. The van der Waals surface area contributed by atoms with Crippen LogP contribution in [-0.2, 0) is 6.18 Å². The molecule has 0 bridgehead atoms. The molecule has 15 heavy (non-hydrogen) atoms. The number of hydrogen-bond donors (Lipinski definition) is 1. The number of halogens is 4. The van der Waals surface area contributed by atoms with Crippen molar-refractivity contribution in [2.45, 2.75) is 13.1 Å². The molecule has 0 atom stereocenters. The number of carboxylic acid groups (broad SMARTS) is 1. The van der Waals surface area contributed by atoms with Crippen LogP contribution >= 0.6 is 11.6 Å². The summed E-state index contributed by atoms with van der Waals surface area (Å²) in [4.78, 5) is 10.6. The number of carboxylic acids is 1. The van der Waals surface area contributed by atoms with Gasteiger partial charge in [-0.25, -0.2) is 4.79 Å². The van der Waals surface area contributed by atoms with Gasteiger partial charge in [-0.1, -0.05) is 11.6 Å². The third-order valence-corrected chi connectivity index (χ3v) is 2.41. The number of rotatable bonds is 1. The molecule has 0 saturated carbocycles. The second-order valence-electron chi connectivity index (χ2n) is 2.90. The Morgan fingerprint density at radius 3 is 2.33 bits per heavy atom. The number of alkyl halides is 3. The lowest BCUT2D eigenvalue weighted by atomic mass is 10.0. The number of carbonyl (C=O) groups is 1. The molecule has 6 heteroatoms. The van der Waals surface area contributed by atoms with Crippen LogP contribution in [0.2, 0.25) is 5.02 Å². The largest absolute Gasteiger partial charge is 0.478 e. The molecule has 0 aliphatic carbocycles. The minimum atomic E-state index is -4.57. The number of aromatic carboxylic acids is 1. The molecule has 0 radical (unpaired) electrons. The standard InChI is InChI=1S/C9H6ClF3O2/c1-4-5(8(14)15)2-3-6(7(4)10)9(11,12)13/h2-3H,1H3,(H,14,15). The molecule has 1 rings (SSSR count). The first-order valence-electron chi connectivity index (χ1n) is 3.84. The van der Waals surface area contributed by atoms with E-state index in [0.717, 1.165) is 6.07 Å². The fourth-order valence-electron chi connectivity index (χ4n) is 1.14. The van der Waals surface area contributed by atoms with E-state index < -0.39 is 22.7 Å². The molecule has 0 unspecified atom stereocenters. The van der Waals surface area contributed by atoms with E-state index in [0.29, 0.717) is 6.07 Å². The van der Waals surface area contributed by atoms with Crippen molar-refractivity contribution in [1.82, 2.24) is 0 Å². The van der Waals surface area contributed by atoms with Gasteiger partial charge in [-0.05, 0) is 24.6 Å². The summed E-state index contributed by atoms with van der Waals surface area (Å²) < 4.78 is 37.0. The topological polar surface area (TPSA) is 37.3 Å². The van der Waals surface area contributed by atoms with Crippen molar-refractivity contribution >= 4 is 17.6 Å². The van der Waals surface area contributed by atoms with Gasteiger partial charge in [-0.2, -0.15) is 13.2 Å². The molecule has 0 saturated heterocycles. The lowest BCUT2D eigenvalue weighted by molar-refractivity contribution is -0.137. The molecule has 0 spiro atoms. The van der Waals surface area contributed by atoms with E-state index in [9.17, 15) is 18.0 Å². The van der Waals surface area contributed by atoms with Gasteiger partial charge in [0.05, 0.1) is 16.1 Å². The van der Waals surface area contributed by atoms with E-state index in [4.69, 9.17) is 16.7 Å². The molecule has 2 nitrogen and oxygen atoms in total. The van der Waals surface area contributed by atoms with Gasteiger partial charge in [0.1, 0.15) is 0 Å². The predicted molar refractivity (Wildman–Crippen MR) is 48.2 cm³/mol. The van der Waals surface area contributed by atoms with Crippen LogP contribution in [0.4, 0.5) is 13.2 Å². The van der Waals surface area contributed by atoms with Crippen LogP contribution in [0.15, 0.2) is 12.1 Å². The first-order chi connectivity index (χ1) is 6.75. The second-order valence-corrected chi connectivity index (χ2v) is 3.28. The zero-order valence-electron chi connectivity index (χ0n) is 7.52. The Balaban J connectivity index is 3.41. The Hall–Kier alpha value is -1.23. The van der Waals surface area contributed by atoms with Crippen LogP contribution in [0.5, 0.6) is 0 Å². The number of benzene rings is 1. The first-order valence-corrected chi connectivity index (χ1v) is 4.22. The molecule has 0 aliphatic rings. The smallest absolute Gasteiger partial charge is 0.417 e. The zero-order chi connectivity index (χ0) is 11.8. The van der Waals surface area contributed by atoms with Crippen molar-refractivity contribution in [1.29, 1.82) is 0 Å². The highest BCUT2D eigenvalue weighted by Gasteiger charge is 2.34. The van der Waals surface area contributed by atoms with Crippen molar-refractivity contribution in [2.75, 3.05) is 0 Å². The summed E-state index contributed by atoms with van der Waals surface area (Å²) >= 11 is 5.44. The highest BCUT2D eigenvalue weighted by atomic mass is 35.5. The van der Waals surface area contributed by atoms with Crippen molar-refractivity contribution in [2.24, 2.45) is 0 Å². The third kappa shape index (κ3) is 2.23. The molecule has 1 N–H and O–H groups in total. The molecule has 1 aromatic rings. The molecule has 0 fully saturated rings. The van der Waals surface area contributed by atoms with E-state index in [-0.39, 0.29) is 11.1 Å². The minimum absolute atomic E-state index is 0.0843. The molecule has 0 aliphatic heterocycles. The number of hydrogen-bond acceptors (Lipinski definition) is 1. The minimum Gasteiger partial charge on any atom is -0.478 e. The predicted octanol–water partition coefficient (Wildman–Crippen LogP) is 3.37. The van der Waals surface area contributed by atoms with E-state index in [1.165, 1.54) is 6.92 Å². The van der Waals surface area contributed by atoms with E-state index in [2.05, 4.69) is 0 Å². The van der Waals surface area contributed by atoms with Gasteiger partial charge in [0.2, 0.25) is 0 Å². The van der Waals surface area contributed by atoms with Gasteiger partial charge in [-0.15, -0.1) is 0 Å². The van der Waals surface area contributed by atoms with Gasteiger partial charge < -0.3 is 5.11 Å². The maximum atomic E-state index is 12.3. The maximum absolute atomic E-state index is 12.3. The van der Waals surface area contributed by atoms with Crippen molar-refractivity contribution < 1.29 is 23.1 Å². The third-order valence-electron chi connectivity index (χ3n) is 1.92. The van der Waals surface area contributed by atoms with Crippen LogP contribution in [0.25, 0.3) is 0 Å². The average Bonchev–Trinajstić information content (AvgIpc) is 2.06. The Kier molecular flexibility index (Phi) is 2.95. The molecule has 0 amide bonds. The van der Waals surface area contributed by atoms with Gasteiger partial charge in [-0.3, -0.25) is 0 Å². The summed E-state index contributed by atoms with van der Waals surface area (Å²) in [5, 5.41) is 8.08. The first kappa shape index (κ1) is 11.8. The Labute approximate surface area is 88.3 Å². The Morgan fingerprint density at radius 1 is 1.40 bits per heavy atom. The van der Waals surface area contributed by atoms with Gasteiger partial charge >= 0.3 is 12.1 Å². The molecule has 0 aromatic heterocycles. The summed E-state index contributed by atoms with van der Waals surface area (Å²) in [6.45, 7) is 1.24. The van der Waals surface area contributed by atoms with E-state index in [1.54, 1.807) is 0 Å². The highest BCUT2D eigenvalue weighted by molar-refractivity contribution is 6.32. The van der Waals surface area contributed by atoms with Gasteiger partial charge in [0, 0.05) is 0 Å². The van der Waals surface area contributed by atoms with Crippen LogP contribution in [0, 0.1) is 6.92 Å². The summed E-state index contributed by atoms with van der Waals surface area (Å²) in [6, 6.07) is 1.56. The van der Waals surface area contributed by atoms with Crippen LogP contribution in [-0.4, -0.2) is 11.1 Å². The van der Waals surface area contributed by atoms with Crippen molar-refractivity contribution in [3.8, 4) is 0 Å². The normalized spacial score (nSPS) is 11.5. The summed E-state index contributed by atoms with van der Waals surface area (Å²) in [5.74, 6) is -1.30. The fourth-order valence-corrected chi connectivity index (χ4v) is 1.41. The summed E-state index contributed by atoms with van der Waals surface area (Å²) in [5.41, 5.74) is -1.33. The molecular formula is C9H6ClF3O2. The lowest BCUT2D eigenvalue weighted by Crippen LogP contribution is -2.09. The molecular weight excluding hydrogens is 233 g/mol.